The van der Waals surface area contributed by atoms with Crippen molar-refractivity contribution < 1.29 is 13.9 Å². The van der Waals surface area contributed by atoms with E-state index in [1.807, 2.05) is 0 Å². The summed E-state index contributed by atoms with van der Waals surface area (Å²) in [6.07, 6.45) is 3.30. The van der Waals surface area contributed by atoms with Gasteiger partial charge in [0, 0.05) is 12.3 Å². The molecular weight excluding hydrogens is 186 g/mol. The molecule has 14 heavy (non-hydrogen) atoms. The van der Waals surface area contributed by atoms with Crippen molar-refractivity contribution in [1.82, 2.24) is 0 Å². The number of rotatable bonds is 3. The van der Waals surface area contributed by atoms with E-state index in [0.717, 1.165) is 12.8 Å². The zero-order valence-electron chi connectivity index (χ0n) is 8.60. The molecule has 2 rings (SSSR count). The van der Waals surface area contributed by atoms with Gasteiger partial charge in [0.15, 0.2) is 0 Å². The molecule has 1 N–H and O–H groups in total. The smallest absolute Gasteiger partial charge is 0.250 e. The number of hydrogen-bond acceptors (Lipinski definition) is 1. The molecule has 1 nitrogen and oxygen atoms in total. The van der Waals surface area contributed by atoms with Gasteiger partial charge in [0.1, 0.15) is 0 Å². The average molecular weight is 204 g/mol. The van der Waals surface area contributed by atoms with Crippen molar-refractivity contribution >= 4 is 0 Å². The van der Waals surface area contributed by atoms with E-state index in [4.69, 9.17) is 0 Å². The average Bonchev–Trinajstić information content (AvgIpc) is 2.76. The van der Waals surface area contributed by atoms with Crippen molar-refractivity contribution in [3.63, 3.8) is 0 Å². The second-order valence-electron chi connectivity index (χ2n) is 5.09. The highest BCUT2D eigenvalue weighted by molar-refractivity contribution is 5.01. The van der Waals surface area contributed by atoms with Crippen LogP contribution in [0.25, 0.3) is 0 Å². The minimum absolute atomic E-state index is 0.0492. The van der Waals surface area contributed by atoms with Crippen LogP contribution in [0.5, 0.6) is 0 Å². The first-order valence-electron chi connectivity index (χ1n) is 5.52. The van der Waals surface area contributed by atoms with Gasteiger partial charge in [-0.2, -0.15) is 0 Å². The molecule has 2 aliphatic carbocycles. The SMILES string of the molecule is CC(O)C1(CC2CCCC2(F)F)CC1. The van der Waals surface area contributed by atoms with E-state index >= 15 is 0 Å². The molecule has 2 atom stereocenters. The minimum Gasteiger partial charge on any atom is -0.393 e. The van der Waals surface area contributed by atoms with E-state index in [9.17, 15) is 13.9 Å². The molecule has 0 radical (unpaired) electrons. The van der Waals surface area contributed by atoms with Crippen molar-refractivity contribution in [1.29, 1.82) is 0 Å². The van der Waals surface area contributed by atoms with Crippen LogP contribution < -0.4 is 0 Å². The van der Waals surface area contributed by atoms with Crippen LogP contribution in [0.2, 0.25) is 0 Å². The first-order valence-corrected chi connectivity index (χ1v) is 5.52. The third-order valence-corrected chi connectivity index (χ3v) is 4.09. The Bertz CT molecular complexity index is 221. The number of alkyl halides is 2. The van der Waals surface area contributed by atoms with E-state index in [1.54, 1.807) is 6.92 Å². The molecule has 0 aromatic heterocycles. The first kappa shape index (κ1) is 10.3. The summed E-state index contributed by atoms with van der Waals surface area (Å²) in [5.74, 6) is -2.94. The summed E-state index contributed by atoms with van der Waals surface area (Å²) >= 11 is 0. The van der Waals surface area contributed by atoms with Gasteiger partial charge in [0.05, 0.1) is 6.10 Å². The Balaban J connectivity index is 1.98. The van der Waals surface area contributed by atoms with Crippen LogP contribution in [0.4, 0.5) is 8.78 Å². The summed E-state index contributed by atoms with van der Waals surface area (Å²) in [5, 5.41) is 9.53. The molecule has 0 heterocycles. The third kappa shape index (κ3) is 1.67. The van der Waals surface area contributed by atoms with E-state index in [0.29, 0.717) is 19.3 Å². The van der Waals surface area contributed by atoms with E-state index in [2.05, 4.69) is 0 Å². The predicted octanol–water partition coefficient (Wildman–Crippen LogP) is 2.97. The van der Waals surface area contributed by atoms with Crippen molar-refractivity contribution in [3.8, 4) is 0 Å². The van der Waals surface area contributed by atoms with Gasteiger partial charge in [-0.3, -0.25) is 0 Å². The Labute approximate surface area is 83.5 Å². The maximum absolute atomic E-state index is 13.3. The molecule has 3 heteroatoms. The van der Waals surface area contributed by atoms with E-state index in [-0.39, 0.29) is 11.8 Å². The number of aliphatic hydroxyl groups excluding tert-OH is 1. The fraction of sp³-hybridized carbons (Fsp3) is 1.00. The van der Waals surface area contributed by atoms with Gasteiger partial charge in [-0.15, -0.1) is 0 Å². The third-order valence-electron chi connectivity index (χ3n) is 4.09. The molecule has 0 aromatic carbocycles. The topological polar surface area (TPSA) is 20.2 Å². The molecular formula is C11H18F2O. The normalized spacial score (nSPS) is 35.6. The van der Waals surface area contributed by atoms with Crippen molar-refractivity contribution in [2.45, 2.75) is 57.5 Å². The fourth-order valence-corrected chi connectivity index (χ4v) is 2.69. The number of aliphatic hydroxyl groups is 1. The summed E-state index contributed by atoms with van der Waals surface area (Å²) in [5.41, 5.74) is -0.154. The molecule has 0 aliphatic heterocycles. The fourth-order valence-electron chi connectivity index (χ4n) is 2.69. The molecule has 2 unspecified atom stereocenters. The second-order valence-corrected chi connectivity index (χ2v) is 5.09. The van der Waals surface area contributed by atoms with Crippen LogP contribution >= 0.6 is 0 Å². The molecule has 0 spiro atoms. The van der Waals surface area contributed by atoms with Crippen LogP contribution in [-0.2, 0) is 0 Å². The van der Waals surface area contributed by atoms with Crippen LogP contribution in [-0.4, -0.2) is 17.1 Å². The van der Waals surface area contributed by atoms with E-state index in [1.165, 1.54) is 0 Å². The van der Waals surface area contributed by atoms with Gasteiger partial charge in [-0.25, -0.2) is 8.78 Å². The monoisotopic (exact) mass is 204 g/mol. The minimum atomic E-state index is -2.47. The lowest BCUT2D eigenvalue weighted by atomic mass is 9.86. The van der Waals surface area contributed by atoms with Gasteiger partial charge < -0.3 is 5.11 Å². The summed E-state index contributed by atoms with van der Waals surface area (Å²) < 4.78 is 26.7. The number of halogens is 2. The summed E-state index contributed by atoms with van der Waals surface area (Å²) in [6.45, 7) is 1.74. The quantitative estimate of drug-likeness (QED) is 0.749. The zero-order valence-corrected chi connectivity index (χ0v) is 8.60. The van der Waals surface area contributed by atoms with Crippen LogP contribution in [0, 0.1) is 11.3 Å². The largest absolute Gasteiger partial charge is 0.393 e. The van der Waals surface area contributed by atoms with Gasteiger partial charge in [0.2, 0.25) is 0 Å². The molecule has 0 saturated heterocycles. The molecule has 82 valence electrons. The van der Waals surface area contributed by atoms with Crippen LogP contribution in [0.3, 0.4) is 0 Å². The molecule has 0 bridgehead atoms. The lowest BCUT2D eigenvalue weighted by Gasteiger charge is -2.26. The molecule has 0 amide bonds. The number of hydrogen-bond donors (Lipinski definition) is 1. The van der Waals surface area contributed by atoms with Crippen molar-refractivity contribution in [2.75, 3.05) is 0 Å². The maximum Gasteiger partial charge on any atom is 0.250 e. The van der Waals surface area contributed by atoms with Crippen molar-refractivity contribution in [3.05, 3.63) is 0 Å². The highest BCUT2D eigenvalue weighted by Gasteiger charge is 2.53. The second kappa shape index (κ2) is 3.16. The Hall–Kier alpha value is -0.180. The van der Waals surface area contributed by atoms with Gasteiger partial charge in [-0.1, -0.05) is 0 Å². The molecule has 0 aromatic rings. The first-order chi connectivity index (χ1) is 6.46. The molecule has 2 saturated carbocycles. The predicted molar refractivity (Wildman–Crippen MR) is 50.3 cm³/mol. The maximum atomic E-state index is 13.3. The molecule has 2 fully saturated rings. The van der Waals surface area contributed by atoms with Crippen LogP contribution in [0.15, 0.2) is 0 Å². The Morgan fingerprint density at radius 1 is 1.36 bits per heavy atom. The van der Waals surface area contributed by atoms with Gasteiger partial charge in [-0.05, 0) is 44.4 Å². The molecule has 2 aliphatic rings. The Morgan fingerprint density at radius 3 is 2.36 bits per heavy atom. The highest BCUT2D eigenvalue weighted by Crippen LogP contribution is 2.57. The summed E-state index contributed by atoms with van der Waals surface area (Å²) in [6, 6.07) is 0. The van der Waals surface area contributed by atoms with Crippen molar-refractivity contribution in [2.24, 2.45) is 11.3 Å². The lowest BCUT2D eigenvalue weighted by Crippen LogP contribution is -2.28. The highest BCUT2D eigenvalue weighted by atomic mass is 19.3. The lowest BCUT2D eigenvalue weighted by molar-refractivity contribution is -0.0539. The van der Waals surface area contributed by atoms with Gasteiger partial charge >= 0.3 is 0 Å². The Kier molecular flexibility index (Phi) is 2.33. The van der Waals surface area contributed by atoms with E-state index < -0.39 is 17.9 Å². The van der Waals surface area contributed by atoms with Gasteiger partial charge in [0.25, 0.3) is 5.92 Å². The van der Waals surface area contributed by atoms with Crippen LogP contribution in [0.1, 0.15) is 45.4 Å². The summed E-state index contributed by atoms with van der Waals surface area (Å²) in [4.78, 5) is 0. The zero-order chi connectivity index (χ0) is 10.4. The Morgan fingerprint density at radius 2 is 2.00 bits per heavy atom. The summed E-state index contributed by atoms with van der Waals surface area (Å²) in [7, 11) is 0. The standard InChI is InChI=1S/C11H18F2O/c1-8(14)10(5-6-10)7-9-3-2-4-11(9,12)13/h8-9,14H,2-7H2,1H3.